The number of anilines is 2. The van der Waals surface area contributed by atoms with Gasteiger partial charge in [0.1, 0.15) is 5.75 Å². The van der Waals surface area contributed by atoms with Crippen molar-refractivity contribution in [2.24, 2.45) is 0 Å². The van der Waals surface area contributed by atoms with Crippen molar-refractivity contribution >= 4 is 28.2 Å². The maximum absolute atomic E-state index is 11.4. The van der Waals surface area contributed by atoms with Gasteiger partial charge in [-0.3, -0.25) is 0 Å². The van der Waals surface area contributed by atoms with Crippen molar-refractivity contribution < 1.29 is 14.6 Å². The second kappa shape index (κ2) is 7.11. The summed E-state index contributed by atoms with van der Waals surface area (Å²) in [6.45, 7) is 3.28. The number of aromatic nitrogens is 2. The molecule has 3 aromatic rings. The Bertz CT molecular complexity index is 967. The highest BCUT2D eigenvalue weighted by Crippen LogP contribution is 2.28. The number of fused-ring (bicyclic) bond motifs is 1. The predicted octanol–water partition coefficient (Wildman–Crippen LogP) is 2.66. The summed E-state index contributed by atoms with van der Waals surface area (Å²) in [6, 6.07) is 15.5. The number of aromatic carboxylic acids is 1. The van der Waals surface area contributed by atoms with Crippen LogP contribution in [0.3, 0.4) is 0 Å². The monoisotopic (exact) mass is 364 g/mol. The topological polar surface area (TPSA) is 78.8 Å². The maximum atomic E-state index is 11.4. The molecule has 2 heterocycles. The number of hydrogen-bond donors (Lipinski definition) is 1. The van der Waals surface area contributed by atoms with E-state index in [1.54, 1.807) is 13.2 Å². The molecule has 0 aliphatic carbocycles. The molecule has 1 aliphatic heterocycles. The van der Waals surface area contributed by atoms with Crippen molar-refractivity contribution in [3.63, 3.8) is 0 Å². The lowest BCUT2D eigenvalue weighted by Crippen LogP contribution is -2.47. The molecule has 27 heavy (non-hydrogen) atoms. The molecule has 0 atom stereocenters. The minimum Gasteiger partial charge on any atom is -0.497 e. The number of carbonyl (C=O) groups is 1. The van der Waals surface area contributed by atoms with Crippen LogP contribution in [0.2, 0.25) is 0 Å². The molecule has 1 aromatic heterocycles. The van der Waals surface area contributed by atoms with Gasteiger partial charge in [0.2, 0.25) is 0 Å². The predicted molar refractivity (Wildman–Crippen MR) is 104 cm³/mol. The zero-order chi connectivity index (χ0) is 18.8. The lowest BCUT2D eigenvalue weighted by molar-refractivity contribution is 0.0691. The minimum absolute atomic E-state index is 0.00813. The lowest BCUT2D eigenvalue weighted by atomic mass is 10.1. The summed E-state index contributed by atoms with van der Waals surface area (Å²) < 4.78 is 5.21. The minimum atomic E-state index is -1.06. The maximum Gasteiger partial charge on any atom is 0.357 e. The molecule has 1 fully saturated rings. The van der Waals surface area contributed by atoms with Crippen molar-refractivity contribution in [3.8, 4) is 5.75 Å². The number of rotatable bonds is 4. The third-order valence-corrected chi connectivity index (χ3v) is 4.89. The molecular formula is C20H20N4O3. The molecule has 4 rings (SSSR count). The molecule has 0 unspecified atom stereocenters. The van der Waals surface area contributed by atoms with E-state index >= 15 is 0 Å². The van der Waals surface area contributed by atoms with Crippen LogP contribution >= 0.6 is 0 Å². The van der Waals surface area contributed by atoms with Crippen LogP contribution < -0.4 is 14.5 Å². The molecule has 0 saturated carbocycles. The van der Waals surface area contributed by atoms with Crippen molar-refractivity contribution in [1.29, 1.82) is 0 Å². The molecule has 0 spiro atoms. The molecule has 0 bridgehead atoms. The van der Waals surface area contributed by atoms with Gasteiger partial charge in [-0.15, -0.1) is 10.2 Å². The molecule has 7 heteroatoms. The van der Waals surface area contributed by atoms with E-state index in [4.69, 9.17) is 4.74 Å². The average Bonchev–Trinajstić information content (AvgIpc) is 2.73. The Balaban J connectivity index is 1.56. The number of carboxylic acid groups (broad SMARTS) is 1. The number of piperazine rings is 1. The summed E-state index contributed by atoms with van der Waals surface area (Å²) in [7, 11) is 1.66. The molecule has 0 radical (unpaired) electrons. The van der Waals surface area contributed by atoms with Crippen LogP contribution in [0.15, 0.2) is 48.5 Å². The summed E-state index contributed by atoms with van der Waals surface area (Å²) in [5.74, 6) is 0.525. The van der Waals surface area contributed by atoms with Gasteiger partial charge in [-0.05, 0) is 24.3 Å². The number of ether oxygens (including phenoxy) is 1. The fourth-order valence-electron chi connectivity index (χ4n) is 3.45. The molecule has 2 aromatic carbocycles. The summed E-state index contributed by atoms with van der Waals surface area (Å²) in [5.41, 5.74) is 1.15. The largest absolute Gasteiger partial charge is 0.497 e. The first-order valence-corrected chi connectivity index (χ1v) is 8.80. The van der Waals surface area contributed by atoms with Gasteiger partial charge in [0.25, 0.3) is 0 Å². The van der Waals surface area contributed by atoms with Crippen LogP contribution in [0.4, 0.5) is 11.5 Å². The average molecular weight is 364 g/mol. The second-order valence-corrected chi connectivity index (χ2v) is 6.40. The Kier molecular flexibility index (Phi) is 4.50. The van der Waals surface area contributed by atoms with Crippen molar-refractivity contribution in [2.75, 3.05) is 43.1 Å². The van der Waals surface area contributed by atoms with Crippen LogP contribution in [0.5, 0.6) is 5.75 Å². The van der Waals surface area contributed by atoms with Crippen molar-refractivity contribution in [2.45, 2.75) is 0 Å². The summed E-state index contributed by atoms with van der Waals surface area (Å²) in [6.07, 6.45) is 0. The Morgan fingerprint density at radius 2 is 1.56 bits per heavy atom. The van der Waals surface area contributed by atoms with Crippen LogP contribution in [0, 0.1) is 0 Å². The van der Waals surface area contributed by atoms with Crippen molar-refractivity contribution in [3.05, 3.63) is 54.2 Å². The molecule has 1 N–H and O–H groups in total. The van der Waals surface area contributed by atoms with Crippen LogP contribution in [0.25, 0.3) is 10.8 Å². The Labute approximate surface area is 156 Å². The lowest BCUT2D eigenvalue weighted by Gasteiger charge is -2.37. The molecule has 0 amide bonds. The quantitative estimate of drug-likeness (QED) is 0.762. The fourth-order valence-corrected chi connectivity index (χ4v) is 3.45. The number of carboxylic acids is 1. The Morgan fingerprint density at radius 3 is 2.19 bits per heavy atom. The number of hydrogen-bond acceptors (Lipinski definition) is 6. The van der Waals surface area contributed by atoms with E-state index in [1.807, 2.05) is 30.3 Å². The molecule has 7 nitrogen and oxygen atoms in total. The number of methoxy groups -OCH3 is 1. The molecule has 1 aliphatic rings. The third kappa shape index (κ3) is 3.23. The zero-order valence-corrected chi connectivity index (χ0v) is 15.0. The van der Waals surface area contributed by atoms with Crippen LogP contribution in [-0.2, 0) is 0 Å². The van der Waals surface area contributed by atoms with E-state index in [0.29, 0.717) is 5.39 Å². The third-order valence-electron chi connectivity index (χ3n) is 4.89. The highest BCUT2D eigenvalue weighted by molar-refractivity contribution is 6.04. The van der Waals surface area contributed by atoms with E-state index < -0.39 is 5.97 Å². The first-order valence-electron chi connectivity index (χ1n) is 8.80. The Morgan fingerprint density at radius 1 is 0.926 bits per heavy atom. The summed E-state index contributed by atoms with van der Waals surface area (Å²) in [4.78, 5) is 15.9. The fraction of sp³-hybridized carbons (Fsp3) is 0.250. The van der Waals surface area contributed by atoms with Gasteiger partial charge in [-0.1, -0.05) is 24.3 Å². The normalized spacial score (nSPS) is 14.4. The zero-order valence-electron chi connectivity index (χ0n) is 15.0. The highest BCUT2D eigenvalue weighted by Gasteiger charge is 2.22. The number of nitrogens with zero attached hydrogens (tertiary/aromatic N) is 4. The van der Waals surface area contributed by atoms with E-state index in [2.05, 4.69) is 32.1 Å². The van der Waals surface area contributed by atoms with Crippen molar-refractivity contribution in [1.82, 2.24) is 10.2 Å². The SMILES string of the molecule is COc1ccc(N2CCN(c3nnc(C(=O)O)c4ccccc34)CC2)cc1. The van der Waals surface area contributed by atoms with Gasteiger partial charge in [0.15, 0.2) is 11.5 Å². The second-order valence-electron chi connectivity index (χ2n) is 6.40. The van der Waals surface area contributed by atoms with Gasteiger partial charge in [-0.2, -0.15) is 0 Å². The first kappa shape index (κ1) is 17.1. The number of benzene rings is 2. The molecular weight excluding hydrogens is 344 g/mol. The summed E-state index contributed by atoms with van der Waals surface area (Å²) >= 11 is 0. The Hall–Kier alpha value is -3.35. The molecule has 1 saturated heterocycles. The highest BCUT2D eigenvalue weighted by atomic mass is 16.5. The van der Waals surface area contributed by atoms with Crippen LogP contribution in [0.1, 0.15) is 10.5 Å². The van der Waals surface area contributed by atoms with E-state index in [9.17, 15) is 9.90 Å². The van der Waals surface area contributed by atoms with Crippen LogP contribution in [-0.4, -0.2) is 54.6 Å². The van der Waals surface area contributed by atoms with E-state index in [0.717, 1.165) is 48.8 Å². The van der Waals surface area contributed by atoms with Gasteiger partial charge in [-0.25, -0.2) is 4.79 Å². The first-order chi connectivity index (χ1) is 13.2. The van der Waals surface area contributed by atoms with Gasteiger partial charge < -0.3 is 19.6 Å². The van der Waals surface area contributed by atoms with E-state index in [-0.39, 0.29) is 5.69 Å². The van der Waals surface area contributed by atoms with Gasteiger partial charge >= 0.3 is 5.97 Å². The standard InChI is InChI=1S/C20H20N4O3/c1-27-15-8-6-14(7-9-15)23-10-12-24(13-11-23)19-17-5-3-2-4-16(17)18(20(25)26)21-22-19/h2-9H,10-13H2,1H3,(H,25,26). The van der Waals surface area contributed by atoms with E-state index in [1.165, 1.54) is 0 Å². The van der Waals surface area contributed by atoms with Gasteiger partial charge in [0.05, 0.1) is 7.11 Å². The van der Waals surface area contributed by atoms with Gasteiger partial charge in [0, 0.05) is 42.6 Å². The molecule has 138 valence electrons. The summed E-state index contributed by atoms with van der Waals surface area (Å²) in [5, 5.41) is 19.0. The smallest absolute Gasteiger partial charge is 0.357 e.